The summed E-state index contributed by atoms with van der Waals surface area (Å²) < 4.78 is 20.4. The van der Waals surface area contributed by atoms with Gasteiger partial charge >= 0.3 is 102 Å². The second kappa shape index (κ2) is 29.8. The first-order chi connectivity index (χ1) is 13.9. The van der Waals surface area contributed by atoms with Gasteiger partial charge in [0.2, 0.25) is 0 Å². The fourth-order valence-corrected chi connectivity index (χ4v) is 3.84. The van der Waals surface area contributed by atoms with E-state index in [9.17, 15) is 14.3 Å². The molecule has 180 valence electrons. The Labute approximate surface area is 266 Å². The molecule has 0 aromatic rings. The Hall–Kier alpha value is 2.54. The summed E-state index contributed by atoms with van der Waals surface area (Å²) >= 11 is 0. The van der Waals surface area contributed by atoms with Crippen LogP contribution in [0.2, 0.25) is 0 Å². The second-order valence-corrected chi connectivity index (χ2v) is 9.14. The maximum atomic E-state index is 11.6. The Morgan fingerprint density at radius 3 is 1.56 bits per heavy atom. The van der Waals surface area contributed by atoms with E-state index in [1.165, 1.54) is 70.6 Å². The van der Waals surface area contributed by atoms with Gasteiger partial charge in [-0.15, -0.1) is 0 Å². The van der Waals surface area contributed by atoms with E-state index in [0.29, 0.717) is 6.42 Å². The summed E-state index contributed by atoms with van der Waals surface area (Å²) in [4.78, 5) is 20.9. The maximum absolute atomic E-state index is 11.6. The van der Waals surface area contributed by atoms with Crippen LogP contribution in [0.4, 0.5) is 0 Å². The number of hydrogen-bond donors (Lipinski definition) is 3. The molecule has 11 heteroatoms. The largest absolute Gasteiger partial charge is 1.00 e. The fraction of sp³-hybridized carbons (Fsp3) is 0.952. The van der Waals surface area contributed by atoms with Crippen LogP contribution >= 0.6 is 7.82 Å². The van der Waals surface area contributed by atoms with E-state index >= 15 is 0 Å². The average Bonchev–Trinajstić information content (AvgIpc) is 2.68. The van der Waals surface area contributed by atoms with Gasteiger partial charge in [-0.05, 0) is 6.42 Å². The zero-order valence-electron chi connectivity index (χ0n) is 24.2. The van der Waals surface area contributed by atoms with Crippen LogP contribution < -0.4 is 88.7 Å². The van der Waals surface area contributed by atoms with Gasteiger partial charge in [0.05, 0.1) is 13.2 Å². The average molecular weight is 511 g/mol. The summed E-state index contributed by atoms with van der Waals surface area (Å²) in [5.41, 5.74) is 0. The number of carbonyl (C=O) groups is 1. The molecule has 0 saturated carbocycles. The number of rotatable bonds is 21. The standard InChI is InChI=1S/C21H43O7P.3Na.3H/c1-2-3-4-5-6-7-8-9-10-11-12-13-14-15-16-17-21(24)28-29(25,26)27-19-20(23)18-22;;;;;;/h20,22-23H,2-19H2,1H3,(H,25,26);;;;;;/q;3*+1;3*-1. The van der Waals surface area contributed by atoms with Crippen LogP contribution in [0.25, 0.3) is 0 Å². The predicted octanol–water partition coefficient (Wildman–Crippen LogP) is -3.39. The molecule has 2 unspecified atom stereocenters. The van der Waals surface area contributed by atoms with Crippen LogP contribution in [-0.2, 0) is 18.4 Å². The quantitative estimate of drug-likeness (QED) is 0.0839. The molecule has 0 saturated heterocycles. The van der Waals surface area contributed by atoms with Crippen molar-refractivity contribution < 1.29 is 126 Å². The minimum atomic E-state index is -4.53. The summed E-state index contributed by atoms with van der Waals surface area (Å²) in [7, 11) is -4.53. The van der Waals surface area contributed by atoms with Gasteiger partial charge in [0.1, 0.15) is 6.10 Å². The Morgan fingerprint density at radius 2 is 1.19 bits per heavy atom. The van der Waals surface area contributed by atoms with Crippen LogP contribution in [-0.4, -0.2) is 40.4 Å². The zero-order chi connectivity index (χ0) is 21.8. The molecule has 0 radical (unpaired) electrons. The summed E-state index contributed by atoms with van der Waals surface area (Å²) in [6.45, 7) is 1.07. The smallest absolute Gasteiger partial charge is 1.00 e. The van der Waals surface area contributed by atoms with Crippen LogP contribution in [0.15, 0.2) is 0 Å². The van der Waals surface area contributed by atoms with E-state index in [4.69, 9.17) is 10.2 Å². The monoisotopic (exact) mass is 510 g/mol. The minimum absolute atomic E-state index is 0. The third-order valence-electron chi connectivity index (χ3n) is 4.84. The number of aliphatic hydroxyl groups is 2. The first-order valence-electron chi connectivity index (χ1n) is 11.4. The summed E-state index contributed by atoms with van der Waals surface area (Å²) in [6, 6.07) is 0. The SMILES string of the molecule is CCCCCCCCCCCCCCCCCC(=O)OP(=O)(O)OCC(O)CO.[H-].[H-].[H-].[Na+].[Na+].[Na+]. The summed E-state index contributed by atoms with van der Waals surface area (Å²) in [5.74, 6) is -0.788. The van der Waals surface area contributed by atoms with Crippen molar-refractivity contribution >= 4 is 13.8 Å². The van der Waals surface area contributed by atoms with Gasteiger partial charge in [0, 0.05) is 6.42 Å². The van der Waals surface area contributed by atoms with E-state index < -0.39 is 33.1 Å². The van der Waals surface area contributed by atoms with Crippen molar-refractivity contribution in [2.75, 3.05) is 13.2 Å². The Kier molecular flexibility index (Phi) is 38.8. The van der Waals surface area contributed by atoms with Gasteiger partial charge in [-0.3, -0.25) is 14.2 Å². The van der Waals surface area contributed by atoms with Gasteiger partial charge in [-0.2, -0.15) is 0 Å². The first-order valence-corrected chi connectivity index (χ1v) is 12.9. The van der Waals surface area contributed by atoms with Gasteiger partial charge in [0.25, 0.3) is 0 Å². The first kappa shape index (κ1) is 41.7. The molecule has 0 spiro atoms. The molecule has 7 nitrogen and oxygen atoms in total. The second-order valence-electron chi connectivity index (χ2n) is 7.76. The van der Waals surface area contributed by atoms with Crippen LogP contribution in [0.5, 0.6) is 0 Å². The molecule has 32 heavy (non-hydrogen) atoms. The molecular weight excluding hydrogens is 464 g/mol. The molecule has 0 aromatic heterocycles. The maximum Gasteiger partial charge on any atom is 1.00 e. The van der Waals surface area contributed by atoms with Gasteiger partial charge in [-0.25, -0.2) is 4.57 Å². The molecule has 0 aliphatic carbocycles. The third kappa shape index (κ3) is 30.6. The Bertz CT molecular complexity index is 460. The molecule has 0 aliphatic heterocycles. The van der Waals surface area contributed by atoms with Gasteiger partial charge in [-0.1, -0.05) is 96.8 Å². The van der Waals surface area contributed by atoms with Crippen molar-refractivity contribution in [3.8, 4) is 0 Å². The summed E-state index contributed by atoms with van der Waals surface area (Å²) in [6.07, 6.45) is 17.1. The molecular formula is C21H46Na3O7P. The van der Waals surface area contributed by atoms with Gasteiger partial charge in [0.15, 0.2) is 0 Å². The minimum Gasteiger partial charge on any atom is -1.00 e. The Morgan fingerprint density at radius 1 is 0.812 bits per heavy atom. The van der Waals surface area contributed by atoms with E-state index in [-0.39, 0.29) is 99.4 Å². The molecule has 0 amide bonds. The van der Waals surface area contributed by atoms with Crippen molar-refractivity contribution in [1.82, 2.24) is 0 Å². The Balaban J connectivity index is -0.000000261. The fourth-order valence-electron chi connectivity index (χ4n) is 3.07. The summed E-state index contributed by atoms with van der Waals surface area (Å²) in [5, 5.41) is 17.7. The number of phosphoric acid groups is 1. The number of unbranched alkanes of at least 4 members (excludes halogenated alkanes) is 14. The number of hydrogen-bond acceptors (Lipinski definition) is 6. The molecule has 0 heterocycles. The number of aliphatic hydroxyl groups excluding tert-OH is 2. The molecule has 3 N–H and O–H groups in total. The number of phosphoric ester groups is 1. The predicted molar refractivity (Wildman–Crippen MR) is 118 cm³/mol. The van der Waals surface area contributed by atoms with Crippen LogP contribution in [0.1, 0.15) is 114 Å². The van der Waals surface area contributed by atoms with E-state index in [1.807, 2.05) is 0 Å². The molecule has 0 fully saturated rings. The van der Waals surface area contributed by atoms with Crippen molar-refractivity contribution in [2.45, 2.75) is 116 Å². The number of carbonyl (C=O) groups excluding carboxylic acids is 1. The third-order valence-corrected chi connectivity index (χ3v) is 5.75. The molecule has 0 aliphatic rings. The van der Waals surface area contributed by atoms with E-state index in [0.717, 1.165) is 19.3 Å². The van der Waals surface area contributed by atoms with Gasteiger partial charge < -0.3 is 19.0 Å². The van der Waals surface area contributed by atoms with E-state index in [2.05, 4.69) is 16.0 Å². The normalized spacial score (nSPS) is 13.1. The molecule has 0 rings (SSSR count). The topological polar surface area (TPSA) is 113 Å². The van der Waals surface area contributed by atoms with Crippen molar-refractivity contribution in [3.63, 3.8) is 0 Å². The van der Waals surface area contributed by atoms with E-state index in [1.54, 1.807) is 0 Å². The zero-order valence-corrected chi connectivity index (χ0v) is 28.1. The molecule has 2 atom stereocenters. The molecule has 0 aromatic carbocycles. The van der Waals surface area contributed by atoms with Crippen molar-refractivity contribution in [2.24, 2.45) is 0 Å². The van der Waals surface area contributed by atoms with Crippen molar-refractivity contribution in [1.29, 1.82) is 0 Å². The van der Waals surface area contributed by atoms with Crippen LogP contribution in [0, 0.1) is 0 Å². The molecule has 0 bridgehead atoms. The van der Waals surface area contributed by atoms with Crippen LogP contribution in [0.3, 0.4) is 0 Å². The van der Waals surface area contributed by atoms with Crippen molar-refractivity contribution in [3.05, 3.63) is 0 Å².